The Morgan fingerprint density at radius 3 is 2.83 bits per heavy atom. The van der Waals surface area contributed by atoms with Gasteiger partial charge in [-0.2, -0.15) is 15.2 Å². The summed E-state index contributed by atoms with van der Waals surface area (Å²) in [5, 5.41) is 15.0. The topological polar surface area (TPSA) is 154 Å². The SMILES string of the molecule is C=CC(=O)N1CCCN(c2cc(-c3noc([C@@]4(C)CCCc5sc(N)c(C#N)c54)n3)nc(N3CCCN(CCCOC)C[C@@H]3C)n2)CC1. The Bertz CT molecular complexity index is 1670. The van der Waals surface area contributed by atoms with E-state index in [1.807, 2.05) is 11.0 Å². The molecule has 2 atom stereocenters. The number of hydrogen-bond donors (Lipinski definition) is 1. The van der Waals surface area contributed by atoms with Crippen LogP contribution in [0.2, 0.25) is 0 Å². The minimum Gasteiger partial charge on any atom is -0.389 e. The molecule has 0 bridgehead atoms. The molecular formula is C34H46N10O3S. The molecule has 0 spiro atoms. The summed E-state index contributed by atoms with van der Waals surface area (Å²) in [5.74, 6) is 2.18. The normalized spacial score (nSPS) is 22.1. The largest absolute Gasteiger partial charge is 0.389 e. The minimum atomic E-state index is -0.631. The lowest BCUT2D eigenvalue weighted by Crippen LogP contribution is -2.40. The van der Waals surface area contributed by atoms with Crippen molar-refractivity contribution in [3.05, 3.63) is 40.6 Å². The Morgan fingerprint density at radius 2 is 2.04 bits per heavy atom. The van der Waals surface area contributed by atoms with Crippen LogP contribution in [0.3, 0.4) is 0 Å². The number of nitrogens with zero attached hydrogens (tertiary/aromatic N) is 9. The molecule has 0 saturated carbocycles. The average Bonchev–Trinajstić information content (AvgIpc) is 3.57. The summed E-state index contributed by atoms with van der Waals surface area (Å²) >= 11 is 1.48. The smallest absolute Gasteiger partial charge is 0.246 e. The number of rotatable bonds is 9. The molecule has 48 heavy (non-hydrogen) atoms. The van der Waals surface area contributed by atoms with E-state index < -0.39 is 5.41 Å². The van der Waals surface area contributed by atoms with Gasteiger partial charge in [-0.1, -0.05) is 11.7 Å². The summed E-state index contributed by atoms with van der Waals surface area (Å²) in [6, 6.07) is 4.43. The monoisotopic (exact) mass is 674 g/mol. The Labute approximate surface area is 286 Å². The van der Waals surface area contributed by atoms with Gasteiger partial charge in [0.2, 0.25) is 23.6 Å². The predicted octanol–water partition coefficient (Wildman–Crippen LogP) is 3.85. The van der Waals surface area contributed by atoms with Crippen molar-refractivity contribution in [3.63, 3.8) is 0 Å². The van der Waals surface area contributed by atoms with Crippen LogP contribution in [0.25, 0.3) is 11.5 Å². The van der Waals surface area contributed by atoms with Crippen molar-refractivity contribution in [1.82, 2.24) is 29.9 Å². The highest BCUT2D eigenvalue weighted by Gasteiger charge is 2.43. The third-order valence-corrected chi connectivity index (χ3v) is 11.0. The van der Waals surface area contributed by atoms with Crippen molar-refractivity contribution >= 4 is 34.0 Å². The number of nitriles is 1. The zero-order valence-electron chi connectivity index (χ0n) is 28.3. The van der Waals surface area contributed by atoms with Gasteiger partial charge in [0.1, 0.15) is 22.6 Å². The number of thiophene rings is 1. The van der Waals surface area contributed by atoms with Gasteiger partial charge in [-0.25, -0.2) is 4.98 Å². The van der Waals surface area contributed by atoms with Gasteiger partial charge in [0.15, 0.2) is 0 Å². The van der Waals surface area contributed by atoms with Crippen LogP contribution in [-0.2, 0) is 21.4 Å². The maximum absolute atomic E-state index is 12.4. The van der Waals surface area contributed by atoms with Crippen LogP contribution in [0.5, 0.6) is 0 Å². The van der Waals surface area contributed by atoms with Crippen molar-refractivity contribution < 1.29 is 14.1 Å². The summed E-state index contributed by atoms with van der Waals surface area (Å²) in [6.45, 7) is 15.0. The molecule has 0 aromatic carbocycles. The Kier molecular flexibility index (Phi) is 10.3. The van der Waals surface area contributed by atoms with Crippen LogP contribution >= 0.6 is 11.3 Å². The maximum atomic E-state index is 12.4. The van der Waals surface area contributed by atoms with Crippen LogP contribution in [0.1, 0.15) is 67.8 Å². The van der Waals surface area contributed by atoms with Gasteiger partial charge in [-0.3, -0.25) is 4.79 Å². The standard InChI is InChI=1S/C34H46N10O3S/c1-5-28(45)43-15-8-14-42(17-18-43)27-20-25(37-33(38-27)44-16-7-12-41(22-23(44)2)13-9-19-46-4)31-39-32(47-40-31)34(3)11-6-10-26-29(34)24(21-35)30(36)48-26/h5,20,23H,1,6-19,22,36H2,2-4H3/t23-,34-/m0/s1. The number of methoxy groups -OCH3 is 1. The zero-order valence-corrected chi connectivity index (χ0v) is 29.1. The first-order valence-electron chi connectivity index (χ1n) is 16.9. The lowest BCUT2D eigenvalue weighted by molar-refractivity contribution is -0.125. The molecule has 6 rings (SSSR count). The van der Waals surface area contributed by atoms with Gasteiger partial charge in [-0.05, 0) is 65.0 Å². The van der Waals surface area contributed by atoms with E-state index in [9.17, 15) is 10.1 Å². The first-order chi connectivity index (χ1) is 23.2. The molecule has 2 aliphatic heterocycles. The molecule has 0 radical (unpaired) electrons. The van der Waals surface area contributed by atoms with Crippen LogP contribution in [0, 0.1) is 11.3 Å². The van der Waals surface area contributed by atoms with Crippen LogP contribution in [-0.4, -0.2) is 108 Å². The van der Waals surface area contributed by atoms with Gasteiger partial charge >= 0.3 is 0 Å². The van der Waals surface area contributed by atoms with E-state index in [4.69, 9.17) is 29.9 Å². The lowest BCUT2D eigenvalue weighted by atomic mass is 9.72. The quantitative estimate of drug-likeness (QED) is 0.259. The second-order valence-corrected chi connectivity index (χ2v) is 14.3. The van der Waals surface area contributed by atoms with E-state index in [1.54, 1.807) is 7.11 Å². The highest BCUT2D eigenvalue weighted by molar-refractivity contribution is 7.16. The highest BCUT2D eigenvalue weighted by Crippen LogP contribution is 2.48. The van der Waals surface area contributed by atoms with Crippen LogP contribution < -0.4 is 15.5 Å². The fourth-order valence-electron chi connectivity index (χ4n) is 7.37. The van der Waals surface area contributed by atoms with Crippen LogP contribution in [0.4, 0.5) is 16.8 Å². The van der Waals surface area contributed by atoms with E-state index in [-0.39, 0.29) is 11.9 Å². The molecule has 2 fully saturated rings. The second kappa shape index (κ2) is 14.6. The van der Waals surface area contributed by atoms with Gasteiger partial charge < -0.3 is 34.6 Å². The molecule has 2 saturated heterocycles. The summed E-state index contributed by atoms with van der Waals surface area (Å²) < 4.78 is 11.3. The van der Waals surface area contributed by atoms with E-state index in [1.165, 1.54) is 17.4 Å². The average molecular weight is 675 g/mol. The number of hydrogen-bond acceptors (Lipinski definition) is 13. The molecule has 0 unspecified atom stereocenters. The molecule has 256 valence electrons. The summed E-state index contributed by atoms with van der Waals surface area (Å²) in [7, 11) is 1.74. The van der Waals surface area contributed by atoms with Gasteiger partial charge in [0, 0.05) is 82.1 Å². The molecular weight excluding hydrogens is 629 g/mol. The van der Waals surface area contributed by atoms with E-state index in [2.05, 4.69) is 46.4 Å². The molecule has 14 heteroatoms. The van der Waals surface area contributed by atoms with Crippen molar-refractivity contribution in [2.45, 2.75) is 63.8 Å². The molecule has 3 aromatic heterocycles. The Balaban J connectivity index is 1.35. The number of carbonyl (C=O) groups is 1. The number of aromatic nitrogens is 4. The zero-order chi connectivity index (χ0) is 33.8. The maximum Gasteiger partial charge on any atom is 0.246 e. The summed E-state index contributed by atoms with van der Waals surface area (Å²) in [5.41, 5.74) is 7.65. The van der Waals surface area contributed by atoms with E-state index in [0.717, 1.165) is 94.1 Å². The first kappa shape index (κ1) is 33.8. The number of anilines is 3. The number of nitrogen functional groups attached to an aromatic ring is 1. The molecule has 2 N–H and O–H groups in total. The third-order valence-electron chi connectivity index (χ3n) is 9.89. The highest BCUT2D eigenvalue weighted by atomic mass is 32.1. The molecule has 3 aliphatic rings. The number of carbonyl (C=O) groups excluding carboxylic acids is 1. The lowest BCUT2D eigenvalue weighted by Gasteiger charge is -2.31. The number of nitrogens with two attached hydrogens (primary N) is 1. The number of amides is 1. The fraction of sp³-hybridized carbons (Fsp3) is 0.588. The molecule has 1 amide bonds. The van der Waals surface area contributed by atoms with E-state index >= 15 is 0 Å². The molecule has 13 nitrogen and oxygen atoms in total. The number of ether oxygens (including phenoxy) is 1. The summed E-state index contributed by atoms with van der Waals surface area (Å²) in [6.07, 6.45) is 6.75. The fourth-order valence-corrected chi connectivity index (χ4v) is 8.56. The summed E-state index contributed by atoms with van der Waals surface area (Å²) in [4.78, 5) is 37.5. The molecule has 5 heterocycles. The van der Waals surface area contributed by atoms with Gasteiger partial charge in [-0.15, -0.1) is 11.3 Å². The number of aryl methyl sites for hydroxylation is 1. The Hall–Kier alpha value is -4.06. The number of fused-ring (bicyclic) bond motifs is 1. The molecule has 1 aliphatic carbocycles. The van der Waals surface area contributed by atoms with Crippen molar-refractivity contribution in [2.75, 3.05) is 81.6 Å². The van der Waals surface area contributed by atoms with Crippen molar-refractivity contribution in [2.24, 2.45) is 0 Å². The first-order valence-corrected chi connectivity index (χ1v) is 17.8. The predicted molar refractivity (Wildman–Crippen MR) is 186 cm³/mol. The van der Waals surface area contributed by atoms with Gasteiger partial charge in [0.25, 0.3) is 0 Å². The minimum absolute atomic E-state index is 0.0556. The van der Waals surface area contributed by atoms with Gasteiger partial charge in [0.05, 0.1) is 11.0 Å². The Morgan fingerprint density at radius 1 is 1.21 bits per heavy atom. The van der Waals surface area contributed by atoms with Crippen LogP contribution in [0.15, 0.2) is 23.2 Å². The molecule has 3 aromatic rings. The third kappa shape index (κ3) is 6.76. The second-order valence-electron chi connectivity index (χ2n) is 13.2. The van der Waals surface area contributed by atoms with Crippen molar-refractivity contribution in [1.29, 1.82) is 5.26 Å². The van der Waals surface area contributed by atoms with Crippen molar-refractivity contribution in [3.8, 4) is 17.6 Å². The van der Waals surface area contributed by atoms with E-state index in [0.29, 0.717) is 53.6 Å².